The number of pyridine rings is 1. The topological polar surface area (TPSA) is 42.1 Å². The van der Waals surface area contributed by atoms with E-state index in [1.54, 1.807) is 18.2 Å². The fraction of sp³-hybridized carbons (Fsp3) is 0.308. The van der Waals surface area contributed by atoms with Crippen LogP contribution in [0.5, 0.6) is 5.75 Å². The second-order valence-electron chi connectivity index (χ2n) is 3.95. The molecule has 0 unspecified atom stereocenters. The molecular weight excluding hydrogens is 240 g/mol. The van der Waals surface area contributed by atoms with Crippen molar-refractivity contribution in [1.29, 1.82) is 0 Å². The van der Waals surface area contributed by atoms with Crippen molar-refractivity contribution >= 4 is 10.9 Å². The molecule has 0 amide bonds. The molecule has 0 bridgehead atoms. The Labute approximate surface area is 102 Å². The molecule has 1 N–H and O–H groups in total. The smallest absolute Gasteiger partial charge is 0.278 e. The normalized spacial score (nSPS) is 11.1. The maximum atomic E-state index is 12.5. The molecule has 0 spiro atoms. The quantitative estimate of drug-likeness (QED) is 0.908. The molecular formula is C13H13F2NO2. The fourth-order valence-electron chi connectivity index (χ4n) is 1.67. The van der Waals surface area contributed by atoms with E-state index in [9.17, 15) is 13.6 Å². The Kier molecular flexibility index (Phi) is 3.60. The molecule has 0 saturated carbocycles. The first-order valence-electron chi connectivity index (χ1n) is 5.69. The summed E-state index contributed by atoms with van der Waals surface area (Å²) >= 11 is 0. The van der Waals surface area contributed by atoms with E-state index in [2.05, 4.69) is 4.98 Å². The largest absolute Gasteiger partial charge is 0.494 e. The van der Waals surface area contributed by atoms with Crippen LogP contribution in [0.1, 0.15) is 25.5 Å². The SMILES string of the molecule is CCCOc1ccc2[nH]c(C(F)F)cc(=O)c2c1. The number of aromatic nitrogens is 1. The third-order valence-electron chi connectivity index (χ3n) is 2.53. The lowest BCUT2D eigenvalue weighted by Gasteiger charge is -2.07. The van der Waals surface area contributed by atoms with Gasteiger partial charge in [0, 0.05) is 17.0 Å². The second kappa shape index (κ2) is 5.16. The zero-order chi connectivity index (χ0) is 13.1. The van der Waals surface area contributed by atoms with Crippen LogP contribution in [-0.2, 0) is 0 Å². The molecule has 0 saturated heterocycles. The van der Waals surface area contributed by atoms with Gasteiger partial charge in [0.15, 0.2) is 5.43 Å². The van der Waals surface area contributed by atoms with Gasteiger partial charge < -0.3 is 9.72 Å². The Hall–Kier alpha value is -1.91. The van der Waals surface area contributed by atoms with E-state index in [1.807, 2.05) is 6.92 Å². The van der Waals surface area contributed by atoms with Crippen LogP contribution in [0.4, 0.5) is 8.78 Å². The predicted molar refractivity (Wildman–Crippen MR) is 65.3 cm³/mol. The van der Waals surface area contributed by atoms with E-state index >= 15 is 0 Å². The number of halogens is 2. The maximum Gasteiger partial charge on any atom is 0.278 e. The molecule has 5 heteroatoms. The van der Waals surface area contributed by atoms with Crippen LogP contribution in [-0.4, -0.2) is 11.6 Å². The van der Waals surface area contributed by atoms with Gasteiger partial charge in [0.2, 0.25) is 0 Å². The molecule has 2 rings (SSSR count). The molecule has 3 nitrogen and oxygen atoms in total. The summed E-state index contributed by atoms with van der Waals surface area (Å²) in [5, 5.41) is 0.355. The maximum absolute atomic E-state index is 12.5. The Morgan fingerprint density at radius 2 is 2.11 bits per heavy atom. The van der Waals surface area contributed by atoms with Crippen molar-refractivity contribution in [2.24, 2.45) is 0 Å². The third kappa shape index (κ3) is 2.50. The summed E-state index contributed by atoms with van der Waals surface area (Å²) in [5.74, 6) is 0.569. The number of ether oxygens (including phenoxy) is 1. The minimum Gasteiger partial charge on any atom is -0.494 e. The van der Waals surface area contributed by atoms with Crippen molar-refractivity contribution in [3.8, 4) is 5.75 Å². The lowest BCUT2D eigenvalue weighted by molar-refractivity contribution is 0.146. The van der Waals surface area contributed by atoms with E-state index in [1.165, 1.54) is 0 Å². The van der Waals surface area contributed by atoms with E-state index in [0.717, 1.165) is 12.5 Å². The molecule has 0 aliphatic carbocycles. The molecule has 0 fully saturated rings. The average Bonchev–Trinajstić information content (AvgIpc) is 2.36. The Balaban J connectivity index is 2.48. The predicted octanol–water partition coefficient (Wildman–Crippen LogP) is 3.25. The second-order valence-corrected chi connectivity index (χ2v) is 3.95. The van der Waals surface area contributed by atoms with Gasteiger partial charge in [-0.2, -0.15) is 0 Å². The first-order valence-corrected chi connectivity index (χ1v) is 5.69. The van der Waals surface area contributed by atoms with Crippen molar-refractivity contribution in [2.75, 3.05) is 6.61 Å². The van der Waals surface area contributed by atoms with Crippen LogP contribution in [0.25, 0.3) is 10.9 Å². The summed E-state index contributed by atoms with van der Waals surface area (Å²) < 4.78 is 30.4. The molecule has 0 aliphatic heterocycles. The zero-order valence-electron chi connectivity index (χ0n) is 9.87. The molecule has 0 atom stereocenters. The van der Waals surface area contributed by atoms with Crippen LogP contribution >= 0.6 is 0 Å². The van der Waals surface area contributed by atoms with Crippen LogP contribution in [0.3, 0.4) is 0 Å². The van der Waals surface area contributed by atoms with E-state index in [0.29, 0.717) is 23.3 Å². The number of rotatable bonds is 4. The van der Waals surface area contributed by atoms with Gasteiger partial charge in [-0.15, -0.1) is 0 Å². The number of benzene rings is 1. The lowest BCUT2D eigenvalue weighted by Crippen LogP contribution is -2.06. The van der Waals surface area contributed by atoms with Gasteiger partial charge in [-0.3, -0.25) is 4.79 Å². The highest BCUT2D eigenvalue weighted by atomic mass is 19.3. The van der Waals surface area contributed by atoms with Gasteiger partial charge in [0.1, 0.15) is 5.75 Å². The molecule has 2 aromatic rings. The van der Waals surface area contributed by atoms with Gasteiger partial charge in [0.25, 0.3) is 6.43 Å². The zero-order valence-corrected chi connectivity index (χ0v) is 9.87. The number of alkyl halides is 2. The van der Waals surface area contributed by atoms with Gasteiger partial charge in [-0.05, 0) is 24.6 Å². The number of aromatic amines is 1. The van der Waals surface area contributed by atoms with Crippen LogP contribution < -0.4 is 10.2 Å². The van der Waals surface area contributed by atoms with Crippen molar-refractivity contribution < 1.29 is 13.5 Å². The summed E-state index contributed by atoms with van der Waals surface area (Å²) in [6, 6.07) is 5.73. The fourth-order valence-corrected chi connectivity index (χ4v) is 1.67. The van der Waals surface area contributed by atoms with Crippen molar-refractivity contribution in [2.45, 2.75) is 19.8 Å². The summed E-state index contributed by atoms with van der Waals surface area (Å²) in [6.07, 6.45) is -1.82. The van der Waals surface area contributed by atoms with Gasteiger partial charge in [-0.25, -0.2) is 8.78 Å². The Bertz CT molecular complexity index is 607. The molecule has 0 aliphatic rings. The summed E-state index contributed by atoms with van der Waals surface area (Å²) in [5.41, 5.74) is -0.405. The highest BCUT2D eigenvalue weighted by Gasteiger charge is 2.11. The summed E-state index contributed by atoms with van der Waals surface area (Å²) in [6.45, 7) is 2.53. The first kappa shape index (κ1) is 12.5. The van der Waals surface area contributed by atoms with E-state index < -0.39 is 11.9 Å². The Morgan fingerprint density at radius 1 is 1.33 bits per heavy atom. The molecule has 1 heterocycles. The third-order valence-corrected chi connectivity index (χ3v) is 2.53. The van der Waals surface area contributed by atoms with Gasteiger partial charge >= 0.3 is 0 Å². The first-order chi connectivity index (χ1) is 8.61. The summed E-state index contributed by atoms with van der Waals surface area (Å²) in [7, 11) is 0. The van der Waals surface area contributed by atoms with Crippen molar-refractivity contribution in [3.05, 3.63) is 40.2 Å². The molecule has 0 radical (unpaired) electrons. The summed E-state index contributed by atoms with van der Waals surface area (Å²) in [4.78, 5) is 14.3. The molecule has 1 aromatic carbocycles. The van der Waals surface area contributed by atoms with Crippen LogP contribution in [0.15, 0.2) is 29.1 Å². The molecule has 18 heavy (non-hydrogen) atoms. The average molecular weight is 253 g/mol. The number of fused-ring (bicyclic) bond motifs is 1. The number of H-pyrrole nitrogens is 1. The number of hydrogen-bond acceptors (Lipinski definition) is 2. The number of nitrogens with one attached hydrogen (secondary N) is 1. The van der Waals surface area contributed by atoms with Crippen LogP contribution in [0.2, 0.25) is 0 Å². The highest BCUT2D eigenvalue weighted by Crippen LogP contribution is 2.21. The highest BCUT2D eigenvalue weighted by molar-refractivity contribution is 5.80. The van der Waals surface area contributed by atoms with Crippen molar-refractivity contribution in [1.82, 2.24) is 4.98 Å². The Morgan fingerprint density at radius 3 is 2.78 bits per heavy atom. The minimum atomic E-state index is -2.68. The van der Waals surface area contributed by atoms with Crippen LogP contribution in [0, 0.1) is 0 Å². The number of hydrogen-bond donors (Lipinski definition) is 1. The molecule has 96 valence electrons. The van der Waals surface area contributed by atoms with Gasteiger partial charge in [-0.1, -0.05) is 6.92 Å². The molecule has 1 aromatic heterocycles. The van der Waals surface area contributed by atoms with E-state index in [-0.39, 0.29) is 5.69 Å². The standard InChI is InChI=1S/C13H13F2NO2/c1-2-5-18-8-3-4-10-9(6-8)12(17)7-11(16-10)13(14)15/h3-4,6-7,13H,2,5H2,1H3,(H,16,17). The minimum absolute atomic E-state index is 0.355. The monoisotopic (exact) mass is 253 g/mol. The van der Waals surface area contributed by atoms with Gasteiger partial charge in [0.05, 0.1) is 12.3 Å². The van der Waals surface area contributed by atoms with E-state index in [4.69, 9.17) is 4.74 Å². The lowest BCUT2D eigenvalue weighted by atomic mass is 10.2. The van der Waals surface area contributed by atoms with Crippen molar-refractivity contribution in [3.63, 3.8) is 0 Å².